The van der Waals surface area contributed by atoms with Crippen LogP contribution in [0.1, 0.15) is 42.9 Å². The van der Waals surface area contributed by atoms with Gasteiger partial charge in [0.2, 0.25) is 5.91 Å². The summed E-state index contributed by atoms with van der Waals surface area (Å²) in [7, 11) is 0. The zero-order valence-corrected chi connectivity index (χ0v) is 16.9. The van der Waals surface area contributed by atoms with Crippen LogP contribution in [0.3, 0.4) is 0 Å². The summed E-state index contributed by atoms with van der Waals surface area (Å²) in [4.78, 5) is 17.2. The lowest BCUT2D eigenvalue weighted by Crippen LogP contribution is -2.48. The van der Waals surface area contributed by atoms with Gasteiger partial charge in [0.1, 0.15) is 0 Å². The molecular formula is C24H32N2O. The Morgan fingerprint density at radius 3 is 2.22 bits per heavy atom. The summed E-state index contributed by atoms with van der Waals surface area (Å²) in [6, 6.07) is 17.0. The molecule has 3 nitrogen and oxygen atoms in total. The van der Waals surface area contributed by atoms with Gasteiger partial charge in [0.15, 0.2) is 0 Å². The number of hydrogen-bond acceptors (Lipinski definition) is 2. The molecular weight excluding hydrogens is 332 g/mol. The van der Waals surface area contributed by atoms with Gasteiger partial charge < -0.3 is 9.80 Å². The number of aryl methyl sites for hydroxylation is 2. The molecule has 0 unspecified atom stereocenters. The van der Waals surface area contributed by atoms with E-state index in [1.165, 1.54) is 16.7 Å². The largest absolute Gasteiger partial charge is 0.309 e. The summed E-state index contributed by atoms with van der Waals surface area (Å²) in [6.07, 6.45) is 3.77. The van der Waals surface area contributed by atoms with E-state index >= 15 is 0 Å². The Kier molecular flexibility index (Phi) is 6.68. The molecule has 0 spiro atoms. The van der Waals surface area contributed by atoms with E-state index in [1.807, 2.05) is 30.0 Å². The molecule has 0 aliphatic carbocycles. The predicted octanol–water partition coefficient (Wildman–Crippen LogP) is 4.75. The van der Waals surface area contributed by atoms with Crippen LogP contribution in [0.4, 0.5) is 5.69 Å². The number of anilines is 1. The van der Waals surface area contributed by atoms with E-state index < -0.39 is 0 Å². The lowest BCUT2D eigenvalue weighted by Gasteiger charge is -2.38. The number of carbonyl (C=O) groups is 1. The highest BCUT2D eigenvalue weighted by Gasteiger charge is 2.28. The van der Waals surface area contributed by atoms with Crippen molar-refractivity contribution in [1.82, 2.24) is 4.90 Å². The van der Waals surface area contributed by atoms with Crippen molar-refractivity contribution in [2.75, 3.05) is 24.5 Å². The second-order valence-electron chi connectivity index (χ2n) is 7.65. The molecule has 1 heterocycles. The van der Waals surface area contributed by atoms with Crippen LogP contribution in [-0.4, -0.2) is 36.5 Å². The van der Waals surface area contributed by atoms with E-state index in [4.69, 9.17) is 0 Å². The Labute approximate surface area is 164 Å². The average molecular weight is 365 g/mol. The van der Waals surface area contributed by atoms with Crippen molar-refractivity contribution in [3.63, 3.8) is 0 Å². The standard InChI is InChI=1S/C24H32N2O/c1-4-24(27)26(21-11-6-5-7-12-21)22-13-16-25(17-14-22)18-15-23-19(2)9-8-10-20(23)3/h5-12,22H,4,13-18H2,1-3H3. The van der Waals surface area contributed by atoms with Crippen LogP contribution in [-0.2, 0) is 11.2 Å². The third kappa shape index (κ3) is 4.78. The third-order valence-corrected chi connectivity index (χ3v) is 5.85. The first kappa shape index (κ1) is 19.6. The smallest absolute Gasteiger partial charge is 0.226 e. The van der Waals surface area contributed by atoms with Crippen LogP contribution in [0.15, 0.2) is 48.5 Å². The molecule has 3 heteroatoms. The number of nitrogens with zero attached hydrogens (tertiary/aromatic N) is 2. The van der Waals surface area contributed by atoms with Crippen molar-refractivity contribution in [3.8, 4) is 0 Å². The maximum atomic E-state index is 12.6. The Bertz CT molecular complexity index is 728. The molecule has 1 aliphatic heterocycles. The molecule has 0 saturated carbocycles. The first-order chi connectivity index (χ1) is 13.1. The van der Waals surface area contributed by atoms with Crippen LogP contribution in [0.25, 0.3) is 0 Å². The highest BCUT2D eigenvalue weighted by molar-refractivity contribution is 5.93. The summed E-state index contributed by atoms with van der Waals surface area (Å²) in [5.74, 6) is 0.232. The maximum Gasteiger partial charge on any atom is 0.226 e. The van der Waals surface area contributed by atoms with Crippen LogP contribution in [0.2, 0.25) is 0 Å². The van der Waals surface area contributed by atoms with Gasteiger partial charge in [-0.1, -0.05) is 43.3 Å². The van der Waals surface area contributed by atoms with Gasteiger partial charge in [-0.2, -0.15) is 0 Å². The van der Waals surface area contributed by atoms with E-state index in [2.05, 4.69) is 49.1 Å². The Balaban J connectivity index is 1.59. The highest BCUT2D eigenvalue weighted by Crippen LogP contribution is 2.25. The topological polar surface area (TPSA) is 23.6 Å². The first-order valence-corrected chi connectivity index (χ1v) is 10.2. The van der Waals surface area contributed by atoms with E-state index in [1.54, 1.807) is 0 Å². The van der Waals surface area contributed by atoms with Crippen LogP contribution < -0.4 is 4.90 Å². The second kappa shape index (κ2) is 9.18. The Hall–Kier alpha value is -2.13. The van der Waals surface area contributed by atoms with Crippen LogP contribution in [0, 0.1) is 13.8 Å². The van der Waals surface area contributed by atoms with Crippen molar-refractivity contribution in [2.45, 2.75) is 52.5 Å². The third-order valence-electron chi connectivity index (χ3n) is 5.85. The van der Waals surface area contributed by atoms with Gasteiger partial charge in [-0.25, -0.2) is 0 Å². The molecule has 0 aromatic heterocycles. The molecule has 0 bridgehead atoms. The number of piperidine rings is 1. The fraction of sp³-hybridized carbons (Fsp3) is 0.458. The predicted molar refractivity (Wildman–Crippen MR) is 113 cm³/mol. The molecule has 3 rings (SSSR count). The van der Waals surface area contributed by atoms with Crippen molar-refractivity contribution in [3.05, 3.63) is 65.2 Å². The lowest BCUT2D eigenvalue weighted by molar-refractivity contribution is -0.119. The van der Waals surface area contributed by atoms with Gasteiger partial charge in [0, 0.05) is 37.8 Å². The van der Waals surface area contributed by atoms with Crippen LogP contribution in [0.5, 0.6) is 0 Å². The average Bonchev–Trinajstić information content (AvgIpc) is 2.69. The number of rotatable bonds is 6. The first-order valence-electron chi connectivity index (χ1n) is 10.2. The summed E-state index contributed by atoms with van der Waals surface area (Å²) in [5.41, 5.74) is 5.33. The highest BCUT2D eigenvalue weighted by atomic mass is 16.2. The number of hydrogen-bond donors (Lipinski definition) is 0. The lowest BCUT2D eigenvalue weighted by atomic mass is 9.98. The molecule has 0 radical (unpaired) electrons. The molecule has 1 aliphatic rings. The molecule has 2 aromatic rings. The van der Waals surface area contributed by atoms with Gasteiger partial charge in [-0.15, -0.1) is 0 Å². The normalized spacial score (nSPS) is 15.7. The molecule has 1 amide bonds. The van der Waals surface area contributed by atoms with Gasteiger partial charge in [-0.3, -0.25) is 4.79 Å². The van der Waals surface area contributed by atoms with E-state index in [0.29, 0.717) is 12.5 Å². The monoisotopic (exact) mass is 364 g/mol. The van der Waals surface area contributed by atoms with Crippen molar-refractivity contribution in [1.29, 1.82) is 0 Å². The van der Waals surface area contributed by atoms with Crippen molar-refractivity contribution < 1.29 is 4.79 Å². The zero-order valence-electron chi connectivity index (χ0n) is 16.9. The number of para-hydroxylation sites is 1. The SMILES string of the molecule is CCC(=O)N(c1ccccc1)C1CCN(CCc2c(C)cccc2C)CC1. The van der Waals surface area contributed by atoms with E-state index in [9.17, 15) is 4.79 Å². The fourth-order valence-electron chi connectivity index (χ4n) is 4.23. The molecule has 0 N–H and O–H groups in total. The fourth-order valence-corrected chi connectivity index (χ4v) is 4.23. The molecule has 1 fully saturated rings. The second-order valence-corrected chi connectivity index (χ2v) is 7.65. The molecule has 1 saturated heterocycles. The van der Waals surface area contributed by atoms with Crippen LogP contribution >= 0.6 is 0 Å². The molecule has 2 aromatic carbocycles. The number of benzene rings is 2. The summed E-state index contributed by atoms with van der Waals surface area (Å²) in [5, 5.41) is 0. The molecule has 144 valence electrons. The summed E-state index contributed by atoms with van der Waals surface area (Å²) in [6.45, 7) is 9.61. The van der Waals surface area contributed by atoms with E-state index in [-0.39, 0.29) is 5.91 Å². The molecule has 0 atom stereocenters. The Morgan fingerprint density at radius 1 is 1.00 bits per heavy atom. The van der Waals surface area contributed by atoms with Crippen molar-refractivity contribution in [2.24, 2.45) is 0 Å². The zero-order chi connectivity index (χ0) is 19.2. The minimum atomic E-state index is 0.232. The quantitative estimate of drug-likeness (QED) is 0.738. The Morgan fingerprint density at radius 2 is 1.63 bits per heavy atom. The van der Waals surface area contributed by atoms with E-state index in [0.717, 1.165) is 44.6 Å². The minimum Gasteiger partial charge on any atom is -0.309 e. The maximum absolute atomic E-state index is 12.6. The number of likely N-dealkylation sites (tertiary alicyclic amines) is 1. The summed E-state index contributed by atoms with van der Waals surface area (Å²) < 4.78 is 0. The number of amides is 1. The molecule has 27 heavy (non-hydrogen) atoms. The number of carbonyl (C=O) groups excluding carboxylic acids is 1. The minimum absolute atomic E-state index is 0.232. The van der Waals surface area contributed by atoms with Gasteiger partial charge in [-0.05, 0) is 61.9 Å². The van der Waals surface area contributed by atoms with Gasteiger partial charge in [0.05, 0.1) is 0 Å². The van der Waals surface area contributed by atoms with Gasteiger partial charge >= 0.3 is 0 Å². The summed E-state index contributed by atoms with van der Waals surface area (Å²) >= 11 is 0. The van der Waals surface area contributed by atoms with Gasteiger partial charge in [0.25, 0.3) is 0 Å². The van der Waals surface area contributed by atoms with Crippen molar-refractivity contribution >= 4 is 11.6 Å².